The molecule has 0 aliphatic heterocycles. The molecule has 2 rings (SSSR count). The van der Waals surface area contributed by atoms with Crippen LogP contribution < -0.4 is 11.1 Å². The molecular weight excluding hydrogens is 236 g/mol. The summed E-state index contributed by atoms with van der Waals surface area (Å²) >= 11 is 0. The molecule has 1 atom stereocenters. The van der Waals surface area contributed by atoms with Crippen molar-refractivity contribution in [2.24, 2.45) is 5.73 Å². The van der Waals surface area contributed by atoms with E-state index in [1.165, 1.54) is 0 Å². The van der Waals surface area contributed by atoms with Crippen LogP contribution in [0, 0.1) is 0 Å². The number of aromatic nitrogens is 2. The molecule has 1 heterocycles. The summed E-state index contributed by atoms with van der Waals surface area (Å²) in [5, 5.41) is 7.79. The summed E-state index contributed by atoms with van der Waals surface area (Å²) in [7, 11) is 0. The number of para-hydroxylation sites is 1. The van der Waals surface area contributed by atoms with Gasteiger partial charge in [-0.3, -0.25) is 0 Å². The largest absolute Gasteiger partial charge is 0.329 e. The van der Waals surface area contributed by atoms with E-state index < -0.39 is 0 Å². The highest BCUT2D eigenvalue weighted by molar-refractivity contribution is 5.31. The summed E-state index contributed by atoms with van der Waals surface area (Å²) in [5.74, 6) is 0. The minimum absolute atomic E-state index is 0.136. The van der Waals surface area contributed by atoms with Crippen LogP contribution in [0.3, 0.4) is 0 Å². The smallest absolute Gasteiger partial charge is 0.0645 e. The van der Waals surface area contributed by atoms with Gasteiger partial charge in [0.25, 0.3) is 0 Å². The van der Waals surface area contributed by atoms with Gasteiger partial charge in [-0.15, -0.1) is 6.58 Å². The zero-order chi connectivity index (χ0) is 13.5. The summed E-state index contributed by atoms with van der Waals surface area (Å²) in [6, 6.07) is 10.2. The van der Waals surface area contributed by atoms with Crippen LogP contribution in [0.2, 0.25) is 0 Å². The summed E-state index contributed by atoms with van der Waals surface area (Å²) in [5.41, 5.74) is 7.97. The fraction of sp³-hybridized carbons (Fsp3) is 0.267. The van der Waals surface area contributed by atoms with Gasteiger partial charge < -0.3 is 11.1 Å². The molecule has 0 aliphatic rings. The van der Waals surface area contributed by atoms with Crippen molar-refractivity contribution in [1.29, 1.82) is 0 Å². The van der Waals surface area contributed by atoms with Gasteiger partial charge in [0, 0.05) is 24.3 Å². The Kier molecular flexibility index (Phi) is 4.89. The molecule has 0 bridgehead atoms. The molecule has 0 amide bonds. The third-order valence-corrected chi connectivity index (χ3v) is 3.00. The minimum atomic E-state index is 0.136. The molecular formula is C15H20N4. The van der Waals surface area contributed by atoms with E-state index in [-0.39, 0.29) is 6.04 Å². The Labute approximate surface area is 113 Å². The highest BCUT2D eigenvalue weighted by atomic mass is 15.3. The normalized spacial score (nSPS) is 12.3. The first kappa shape index (κ1) is 13.5. The van der Waals surface area contributed by atoms with Crippen molar-refractivity contribution in [2.75, 3.05) is 13.1 Å². The number of hydrogen-bond donors (Lipinski definition) is 2. The molecule has 4 heteroatoms. The van der Waals surface area contributed by atoms with E-state index in [0.717, 1.165) is 24.2 Å². The molecule has 1 unspecified atom stereocenters. The maximum absolute atomic E-state index is 5.81. The van der Waals surface area contributed by atoms with Crippen LogP contribution in [0.25, 0.3) is 5.69 Å². The Hall–Kier alpha value is -1.91. The van der Waals surface area contributed by atoms with E-state index in [4.69, 9.17) is 5.73 Å². The molecule has 0 aliphatic carbocycles. The minimum Gasteiger partial charge on any atom is -0.329 e. The zero-order valence-corrected chi connectivity index (χ0v) is 11.0. The van der Waals surface area contributed by atoms with Crippen LogP contribution in [0.1, 0.15) is 18.0 Å². The number of nitrogens with two attached hydrogens (primary N) is 1. The van der Waals surface area contributed by atoms with Crippen molar-refractivity contribution in [3.63, 3.8) is 0 Å². The molecule has 100 valence electrons. The number of nitrogens with zero attached hydrogens (tertiary/aromatic N) is 2. The van der Waals surface area contributed by atoms with Crippen molar-refractivity contribution in [1.82, 2.24) is 15.1 Å². The van der Waals surface area contributed by atoms with E-state index in [0.29, 0.717) is 6.54 Å². The van der Waals surface area contributed by atoms with Crippen LogP contribution in [0.15, 0.2) is 55.4 Å². The summed E-state index contributed by atoms with van der Waals surface area (Å²) in [6.07, 6.45) is 6.72. The Morgan fingerprint density at radius 3 is 2.84 bits per heavy atom. The van der Waals surface area contributed by atoms with Crippen LogP contribution >= 0.6 is 0 Å². The fourth-order valence-electron chi connectivity index (χ4n) is 1.94. The average Bonchev–Trinajstić information content (AvgIpc) is 2.94. The van der Waals surface area contributed by atoms with Crippen molar-refractivity contribution in [2.45, 2.75) is 12.5 Å². The number of benzene rings is 1. The van der Waals surface area contributed by atoms with Gasteiger partial charge in [0.2, 0.25) is 0 Å². The third kappa shape index (κ3) is 3.53. The lowest BCUT2D eigenvalue weighted by molar-refractivity contribution is 0.548. The summed E-state index contributed by atoms with van der Waals surface area (Å²) in [6.45, 7) is 5.14. The first-order valence-corrected chi connectivity index (χ1v) is 6.49. The molecule has 0 saturated heterocycles. The van der Waals surface area contributed by atoms with Crippen LogP contribution in [0.5, 0.6) is 0 Å². The molecule has 1 aromatic carbocycles. The standard InChI is InChI=1S/C15H20N4/c1-2-3-9-17-15(10-16)13-11-18-19(12-13)14-7-5-4-6-8-14/h2,4-8,11-12,15,17H,1,3,9-10,16H2. The first-order chi connectivity index (χ1) is 9.35. The fourth-order valence-corrected chi connectivity index (χ4v) is 1.94. The number of rotatable bonds is 7. The maximum atomic E-state index is 5.81. The monoisotopic (exact) mass is 256 g/mol. The molecule has 0 fully saturated rings. The highest BCUT2D eigenvalue weighted by Gasteiger charge is 2.11. The van der Waals surface area contributed by atoms with Gasteiger partial charge in [-0.25, -0.2) is 4.68 Å². The zero-order valence-electron chi connectivity index (χ0n) is 11.0. The molecule has 19 heavy (non-hydrogen) atoms. The summed E-state index contributed by atoms with van der Waals surface area (Å²) in [4.78, 5) is 0. The molecule has 2 aromatic rings. The lowest BCUT2D eigenvalue weighted by Gasteiger charge is -2.14. The Bertz CT molecular complexity index is 504. The third-order valence-electron chi connectivity index (χ3n) is 3.00. The maximum Gasteiger partial charge on any atom is 0.0645 e. The van der Waals surface area contributed by atoms with Gasteiger partial charge in [0.1, 0.15) is 0 Å². The van der Waals surface area contributed by atoms with E-state index in [1.807, 2.05) is 53.5 Å². The molecule has 4 nitrogen and oxygen atoms in total. The Balaban J connectivity index is 2.08. The van der Waals surface area contributed by atoms with Crippen molar-refractivity contribution < 1.29 is 0 Å². The number of nitrogens with one attached hydrogen (secondary N) is 1. The Morgan fingerprint density at radius 2 is 2.16 bits per heavy atom. The van der Waals surface area contributed by atoms with Gasteiger partial charge in [-0.1, -0.05) is 24.3 Å². The van der Waals surface area contributed by atoms with Gasteiger partial charge >= 0.3 is 0 Å². The molecule has 3 N–H and O–H groups in total. The van der Waals surface area contributed by atoms with Crippen LogP contribution in [-0.2, 0) is 0 Å². The second-order valence-electron chi connectivity index (χ2n) is 4.37. The van der Waals surface area contributed by atoms with Gasteiger partial charge in [0.15, 0.2) is 0 Å². The molecule has 1 aromatic heterocycles. The molecule has 0 saturated carbocycles. The predicted octanol–water partition coefficient (Wildman–Crippen LogP) is 2.04. The number of hydrogen-bond acceptors (Lipinski definition) is 3. The second-order valence-corrected chi connectivity index (χ2v) is 4.37. The van der Waals surface area contributed by atoms with E-state index >= 15 is 0 Å². The van der Waals surface area contributed by atoms with Crippen LogP contribution in [-0.4, -0.2) is 22.9 Å². The quantitative estimate of drug-likeness (QED) is 0.589. The molecule has 0 radical (unpaired) electrons. The predicted molar refractivity (Wildman–Crippen MR) is 78.2 cm³/mol. The lowest BCUT2D eigenvalue weighted by atomic mass is 10.1. The van der Waals surface area contributed by atoms with Gasteiger partial charge in [-0.2, -0.15) is 5.10 Å². The van der Waals surface area contributed by atoms with Crippen LogP contribution in [0.4, 0.5) is 0 Å². The summed E-state index contributed by atoms with van der Waals surface area (Å²) < 4.78 is 1.87. The lowest BCUT2D eigenvalue weighted by Crippen LogP contribution is -2.28. The SMILES string of the molecule is C=CCCNC(CN)c1cnn(-c2ccccc2)c1. The van der Waals surface area contributed by atoms with E-state index in [2.05, 4.69) is 17.0 Å². The Morgan fingerprint density at radius 1 is 1.37 bits per heavy atom. The molecule has 0 spiro atoms. The first-order valence-electron chi connectivity index (χ1n) is 6.49. The average molecular weight is 256 g/mol. The van der Waals surface area contributed by atoms with E-state index in [1.54, 1.807) is 0 Å². The topological polar surface area (TPSA) is 55.9 Å². The van der Waals surface area contributed by atoms with Crippen molar-refractivity contribution in [3.05, 3.63) is 60.9 Å². The van der Waals surface area contributed by atoms with E-state index in [9.17, 15) is 0 Å². The van der Waals surface area contributed by atoms with Crippen molar-refractivity contribution >= 4 is 0 Å². The second kappa shape index (κ2) is 6.87. The van der Waals surface area contributed by atoms with Gasteiger partial charge in [0.05, 0.1) is 11.9 Å². The van der Waals surface area contributed by atoms with Gasteiger partial charge in [-0.05, 0) is 25.1 Å². The van der Waals surface area contributed by atoms with Crippen molar-refractivity contribution in [3.8, 4) is 5.69 Å². The highest BCUT2D eigenvalue weighted by Crippen LogP contribution is 2.13.